The molecule has 0 aliphatic rings. The van der Waals surface area contributed by atoms with E-state index >= 15 is 0 Å². The Balaban J connectivity index is 1.77. The number of hydrogen-bond donors (Lipinski definition) is 0. The van der Waals surface area contributed by atoms with E-state index in [2.05, 4.69) is 24.0 Å². The van der Waals surface area contributed by atoms with Gasteiger partial charge in [0.15, 0.2) is 5.13 Å². The Kier molecular flexibility index (Phi) is 5.37. The maximum Gasteiger partial charge on any atom is 0.260 e. The smallest absolute Gasteiger partial charge is 0.260 e. The van der Waals surface area contributed by atoms with Crippen LogP contribution in [-0.4, -0.2) is 15.9 Å². The molecule has 28 heavy (non-hydrogen) atoms. The van der Waals surface area contributed by atoms with Gasteiger partial charge in [0.1, 0.15) is 0 Å². The summed E-state index contributed by atoms with van der Waals surface area (Å²) in [6, 6.07) is 18.9. The number of hydrogen-bond acceptors (Lipinski definition) is 4. The third-order valence-corrected chi connectivity index (χ3v) is 5.72. The SMILES string of the molecule is CCc1ccc2nc(N(Cc3ccccn3)C(=O)c3cccc(Cl)c3)sc2c1. The zero-order chi connectivity index (χ0) is 19.5. The first-order valence-electron chi connectivity index (χ1n) is 9.01. The van der Waals surface area contributed by atoms with E-state index in [9.17, 15) is 4.79 Å². The molecule has 1 amide bonds. The van der Waals surface area contributed by atoms with Crippen molar-refractivity contribution < 1.29 is 4.79 Å². The maximum absolute atomic E-state index is 13.3. The van der Waals surface area contributed by atoms with Crippen LogP contribution in [0, 0.1) is 0 Å². The Morgan fingerprint density at radius 1 is 1.11 bits per heavy atom. The van der Waals surface area contributed by atoms with Crippen LogP contribution in [-0.2, 0) is 13.0 Å². The minimum atomic E-state index is -0.150. The molecule has 2 heterocycles. The molecule has 0 atom stereocenters. The third kappa shape index (κ3) is 3.91. The highest BCUT2D eigenvalue weighted by Crippen LogP contribution is 2.31. The second kappa shape index (κ2) is 8.09. The lowest BCUT2D eigenvalue weighted by molar-refractivity contribution is 0.0985. The molecule has 2 aromatic carbocycles. The zero-order valence-corrected chi connectivity index (χ0v) is 16.9. The summed E-state index contributed by atoms with van der Waals surface area (Å²) in [5.41, 5.74) is 3.46. The van der Waals surface area contributed by atoms with E-state index in [-0.39, 0.29) is 5.91 Å². The molecule has 0 radical (unpaired) electrons. The minimum Gasteiger partial charge on any atom is -0.278 e. The summed E-state index contributed by atoms with van der Waals surface area (Å²) in [6.07, 6.45) is 2.69. The van der Waals surface area contributed by atoms with Gasteiger partial charge in [0.05, 0.1) is 22.5 Å². The molecule has 2 aromatic heterocycles. The van der Waals surface area contributed by atoms with Gasteiger partial charge in [0.25, 0.3) is 5.91 Å². The Hall–Kier alpha value is -2.76. The predicted molar refractivity (Wildman–Crippen MR) is 115 cm³/mol. The molecule has 6 heteroatoms. The number of amides is 1. The fourth-order valence-electron chi connectivity index (χ4n) is 2.95. The number of carbonyl (C=O) groups is 1. The summed E-state index contributed by atoms with van der Waals surface area (Å²) in [7, 11) is 0. The van der Waals surface area contributed by atoms with Gasteiger partial charge < -0.3 is 0 Å². The number of carbonyl (C=O) groups excluding carboxylic acids is 1. The summed E-state index contributed by atoms with van der Waals surface area (Å²) < 4.78 is 1.07. The Morgan fingerprint density at radius 2 is 2.00 bits per heavy atom. The van der Waals surface area contributed by atoms with E-state index in [0.29, 0.717) is 22.3 Å². The quantitative estimate of drug-likeness (QED) is 0.423. The van der Waals surface area contributed by atoms with E-state index in [1.807, 2.05) is 24.3 Å². The van der Waals surface area contributed by atoms with Crippen LogP contribution in [0.4, 0.5) is 5.13 Å². The predicted octanol–water partition coefficient (Wildman–Crippen LogP) is 5.75. The van der Waals surface area contributed by atoms with Crippen molar-refractivity contribution in [3.63, 3.8) is 0 Å². The molecule has 0 unspecified atom stereocenters. The van der Waals surface area contributed by atoms with Crippen LogP contribution in [0.1, 0.15) is 28.5 Å². The number of fused-ring (bicyclic) bond motifs is 1. The first kappa shape index (κ1) is 18.6. The standard InChI is InChI=1S/C22H18ClN3OS/c1-2-15-9-10-19-20(12-15)28-22(25-19)26(14-18-8-3-4-11-24-18)21(27)16-6-5-7-17(23)13-16/h3-13H,2,14H2,1H3. The molecule has 0 N–H and O–H groups in total. The topological polar surface area (TPSA) is 46.1 Å². The molecule has 0 aliphatic carbocycles. The fraction of sp³-hybridized carbons (Fsp3) is 0.136. The summed E-state index contributed by atoms with van der Waals surface area (Å²) >= 11 is 7.62. The fourth-order valence-corrected chi connectivity index (χ4v) is 4.17. The van der Waals surface area contributed by atoms with Gasteiger partial charge >= 0.3 is 0 Å². The second-order valence-corrected chi connectivity index (χ2v) is 7.82. The summed E-state index contributed by atoms with van der Waals surface area (Å²) in [5, 5.41) is 1.18. The lowest BCUT2D eigenvalue weighted by Crippen LogP contribution is -2.30. The van der Waals surface area contributed by atoms with E-state index in [1.54, 1.807) is 35.4 Å². The van der Waals surface area contributed by atoms with Crippen molar-refractivity contribution in [1.82, 2.24) is 9.97 Å². The van der Waals surface area contributed by atoms with Gasteiger partial charge in [-0.2, -0.15) is 0 Å². The van der Waals surface area contributed by atoms with Crippen molar-refractivity contribution in [2.24, 2.45) is 0 Å². The van der Waals surface area contributed by atoms with Gasteiger partial charge in [-0.1, -0.05) is 48.1 Å². The number of pyridine rings is 1. The van der Waals surface area contributed by atoms with Gasteiger partial charge in [-0.25, -0.2) is 4.98 Å². The number of aryl methyl sites for hydroxylation is 1. The van der Waals surface area contributed by atoms with E-state index in [4.69, 9.17) is 16.6 Å². The molecular weight excluding hydrogens is 390 g/mol. The molecule has 0 saturated carbocycles. The second-order valence-electron chi connectivity index (χ2n) is 6.37. The number of aromatic nitrogens is 2. The Morgan fingerprint density at radius 3 is 2.75 bits per heavy atom. The van der Waals surface area contributed by atoms with E-state index in [1.165, 1.54) is 16.9 Å². The summed E-state index contributed by atoms with van der Waals surface area (Å²) in [5.74, 6) is -0.150. The Bertz CT molecular complexity index is 1130. The van der Waals surface area contributed by atoms with E-state index in [0.717, 1.165) is 22.3 Å². The number of thiazole rings is 1. The zero-order valence-electron chi connectivity index (χ0n) is 15.3. The monoisotopic (exact) mass is 407 g/mol. The molecule has 4 aromatic rings. The summed E-state index contributed by atoms with van der Waals surface area (Å²) in [6.45, 7) is 2.46. The van der Waals surface area contributed by atoms with Gasteiger partial charge in [0, 0.05) is 16.8 Å². The number of nitrogens with zero attached hydrogens (tertiary/aromatic N) is 3. The first-order valence-corrected chi connectivity index (χ1v) is 10.2. The maximum atomic E-state index is 13.3. The molecule has 0 bridgehead atoms. The lowest BCUT2D eigenvalue weighted by Gasteiger charge is -2.19. The molecular formula is C22H18ClN3OS. The van der Waals surface area contributed by atoms with E-state index < -0.39 is 0 Å². The molecule has 0 saturated heterocycles. The van der Waals surface area contributed by atoms with Gasteiger partial charge in [0.2, 0.25) is 0 Å². The molecule has 0 spiro atoms. The van der Waals surface area contributed by atoms with Crippen molar-refractivity contribution in [3.05, 3.63) is 88.7 Å². The van der Waals surface area contributed by atoms with Gasteiger partial charge in [-0.3, -0.25) is 14.7 Å². The lowest BCUT2D eigenvalue weighted by atomic mass is 10.2. The Labute approximate surface area is 172 Å². The molecule has 4 nitrogen and oxygen atoms in total. The third-order valence-electron chi connectivity index (χ3n) is 4.44. The van der Waals surface area contributed by atoms with Gasteiger partial charge in [-0.15, -0.1) is 0 Å². The summed E-state index contributed by atoms with van der Waals surface area (Å²) in [4.78, 5) is 24.1. The number of anilines is 1. The first-order chi connectivity index (χ1) is 13.6. The number of rotatable bonds is 5. The van der Waals surface area contributed by atoms with Gasteiger partial charge in [-0.05, 0) is 54.4 Å². The van der Waals surface area contributed by atoms with Crippen LogP contribution >= 0.6 is 22.9 Å². The van der Waals surface area contributed by atoms with Crippen LogP contribution in [0.3, 0.4) is 0 Å². The van der Waals surface area contributed by atoms with Crippen LogP contribution < -0.4 is 4.90 Å². The van der Waals surface area contributed by atoms with Crippen molar-refractivity contribution >= 4 is 44.2 Å². The van der Waals surface area contributed by atoms with Crippen molar-refractivity contribution in [2.75, 3.05) is 4.90 Å². The van der Waals surface area contributed by atoms with Crippen LogP contribution in [0.15, 0.2) is 66.9 Å². The van der Waals surface area contributed by atoms with Crippen molar-refractivity contribution in [2.45, 2.75) is 19.9 Å². The molecule has 0 fully saturated rings. The average Bonchev–Trinajstić information content (AvgIpc) is 3.15. The van der Waals surface area contributed by atoms with Crippen LogP contribution in [0.2, 0.25) is 5.02 Å². The highest BCUT2D eigenvalue weighted by molar-refractivity contribution is 7.22. The molecule has 0 aliphatic heterocycles. The number of halogens is 1. The average molecular weight is 408 g/mol. The minimum absolute atomic E-state index is 0.150. The van der Waals surface area contributed by atoms with Crippen LogP contribution in [0.5, 0.6) is 0 Å². The van der Waals surface area contributed by atoms with Crippen molar-refractivity contribution in [1.29, 1.82) is 0 Å². The highest BCUT2D eigenvalue weighted by atomic mass is 35.5. The molecule has 140 valence electrons. The molecule has 4 rings (SSSR count). The highest BCUT2D eigenvalue weighted by Gasteiger charge is 2.22. The van der Waals surface area contributed by atoms with Crippen molar-refractivity contribution in [3.8, 4) is 0 Å². The number of benzene rings is 2. The largest absolute Gasteiger partial charge is 0.278 e. The van der Waals surface area contributed by atoms with Crippen LogP contribution in [0.25, 0.3) is 10.2 Å². The normalized spacial score (nSPS) is 10.9.